The predicted molar refractivity (Wildman–Crippen MR) is 87.5 cm³/mol. The summed E-state index contributed by atoms with van der Waals surface area (Å²) < 4.78 is 2.65. The van der Waals surface area contributed by atoms with Crippen LogP contribution in [0.1, 0.15) is 0 Å². The van der Waals surface area contributed by atoms with Crippen LogP contribution >= 0.6 is 27.5 Å². The first-order chi connectivity index (χ1) is 10.1. The molecule has 0 atom stereocenters. The molecule has 1 N–H and O–H groups in total. The molecule has 1 amide bonds. The van der Waals surface area contributed by atoms with Crippen molar-refractivity contribution >= 4 is 50.2 Å². The van der Waals surface area contributed by atoms with Gasteiger partial charge in [0.1, 0.15) is 6.54 Å². The molecule has 6 heteroatoms. The van der Waals surface area contributed by atoms with E-state index in [1.165, 1.54) is 0 Å². The maximum Gasteiger partial charge on any atom is 0.244 e. The number of fused-ring (bicyclic) bond motifs is 1. The average Bonchev–Trinajstić information content (AvgIpc) is 2.78. The van der Waals surface area contributed by atoms with Crippen LogP contribution in [0.25, 0.3) is 11.0 Å². The van der Waals surface area contributed by atoms with Gasteiger partial charge in [-0.2, -0.15) is 0 Å². The number of hydrogen-bond donors (Lipinski definition) is 1. The van der Waals surface area contributed by atoms with E-state index in [0.29, 0.717) is 5.28 Å². The maximum atomic E-state index is 12.1. The van der Waals surface area contributed by atoms with Gasteiger partial charge in [0, 0.05) is 10.2 Å². The van der Waals surface area contributed by atoms with Crippen molar-refractivity contribution in [3.05, 3.63) is 58.3 Å². The van der Waals surface area contributed by atoms with Gasteiger partial charge in [-0.25, -0.2) is 4.98 Å². The Kier molecular flexibility index (Phi) is 3.94. The second-order valence-electron chi connectivity index (χ2n) is 4.51. The monoisotopic (exact) mass is 363 g/mol. The minimum absolute atomic E-state index is 0.120. The summed E-state index contributed by atoms with van der Waals surface area (Å²) in [6.45, 7) is 0.120. The Balaban J connectivity index is 1.80. The molecule has 0 unspecified atom stereocenters. The number of anilines is 1. The molecule has 4 nitrogen and oxygen atoms in total. The van der Waals surface area contributed by atoms with Crippen LogP contribution in [0.5, 0.6) is 0 Å². The quantitative estimate of drug-likeness (QED) is 0.761. The lowest BCUT2D eigenvalue weighted by molar-refractivity contribution is -0.116. The molecule has 0 saturated heterocycles. The molecule has 0 spiro atoms. The van der Waals surface area contributed by atoms with Crippen molar-refractivity contribution in [2.75, 3.05) is 5.32 Å². The molecule has 1 aromatic heterocycles. The summed E-state index contributed by atoms with van der Waals surface area (Å²) in [6.07, 6.45) is 0. The van der Waals surface area contributed by atoms with Gasteiger partial charge in [0.15, 0.2) is 0 Å². The van der Waals surface area contributed by atoms with Crippen molar-refractivity contribution in [1.29, 1.82) is 0 Å². The van der Waals surface area contributed by atoms with Crippen LogP contribution in [0.4, 0.5) is 5.69 Å². The Morgan fingerprint density at radius 2 is 1.90 bits per heavy atom. The molecule has 1 heterocycles. The number of nitrogens with one attached hydrogen (secondary N) is 1. The Labute approximate surface area is 134 Å². The molecule has 2 aromatic carbocycles. The van der Waals surface area contributed by atoms with Crippen LogP contribution in [0.3, 0.4) is 0 Å². The summed E-state index contributed by atoms with van der Waals surface area (Å²) >= 11 is 9.46. The van der Waals surface area contributed by atoms with Gasteiger partial charge in [-0.05, 0) is 48.0 Å². The Morgan fingerprint density at radius 3 is 2.67 bits per heavy atom. The van der Waals surface area contributed by atoms with E-state index in [4.69, 9.17) is 11.6 Å². The molecule has 3 rings (SSSR count). The first kappa shape index (κ1) is 14.1. The second-order valence-corrected chi connectivity index (χ2v) is 5.76. The molecular formula is C15H11BrClN3O. The first-order valence-electron chi connectivity index (χ1n) is 6.30. The van der Waals surface area contributed by atoms with E-state index in [2.05, 4.69) is 26.2 Å². The predicted octanol–water partition coefficient (Wildman–Crippen LogP) is 4.09. The maximum absolute atomic E-state index is 12.1. The van der Waals surface area contributed by atoms with Gasteiger partial charge in [-0.15, -0.1) is 0 Å². The minimum atomic E-state index is -0.151. The van der Waals surface area contributed by atoms with Crippen LogP contribution in [-0.2, 0) is 11.3 Å². The number of carbonyl (C=O) groups excluding carboxylic acids is 1. The molecule has 0 aliphatic heterocycles. The molecule has 21 heavy (non-hydrogen) atoms. The van der Waals surface area contributed by atoms with Gasteiger partial charge in [0.05, 0.1) is 11.0 Å². The Morgan fingerprint density at radius 1 is 1.19 bits per heavy atom. The molecule has 3 aromatic rings. The van der Waals surface area contributed by atoms with Crippen LogP contribution in [-0.4, -0.2) is 15.5 Å². The third kappa shape index (κ3) is 3.09. The molecular weight excluding hydrogens is 354 g/mol. The number of amides is 1. The van der Waals surface area contributed by atoms with E-state index in [9.17, 15) is 4.79 Å². The zero-order valence-electron chi connectivity index (χ0n) is 10.9. The lowest BCUT2D eigenvalue weighted by Gasteiger charge is -2.07. The highest BCUT2D eigenvalue weighted by atomic mass is 79.9. The number of rotatable bonds is 3. The van der Waals surface area contributed by atoms with Crippen molar-refractivity contribution < 1.29 is 4.79 Å². The third-order valence-corrected chi connectivity index (χ3v) is 3.85. The van der Waals surface area contributed by atoms with Gasteiger partial charge in [0.25, 0.3) is 0 Å². The van der Waals surface area contributed by atoms with Crippen LogP contribution in [0, 0.1) is 0 Å². The summed E-state index contributed by atoms with van der Waals surface area (Å²) in [5.41, 5.74) is 2.36. The number of nitrogens with zero attached hydrogens (tertiary/aromatic N) is 2. The van der Waals surface area contributed by atoms with Crippen molar-refractivity contribution in [1.82, 2.24) is 9.55 Å². The van der Waals surface area contributed by atoms with Gasteiger partial charge in [0.2, 0.25) is 11.2 Å². The highest BCUT2D eigenvalue weighted by Gasteiger charge is 2.12. The van der Waals surface area contributed by atoms with Crippen LogP contribution in [0.2, 0.25) is 5.28 Å². The number of aromatic nitrogens is 2. The standard InChI is InChI=1S/C15H11BrClN3O/c16-10-5-7-11(8-6-10)18-14(21)9-20-13-4-2-1-3-12(13)19-15(20)17/h1-8H,9H2,(H,18,21). The summed E-state index contributed by atoms with van der Waals surface area (Å²) in [7, 11) is 0. The number of halogens is 2. The summed E-state index contributed by atoms with van der Waals surface area (Å²) in [5.74, 6) is -0.151. The molecule has 0 aliphatic carbocycles. The fourth-order valence-corrected chi connectivity index (χ4v) is 2.58. The van der Waals surface area contributed by atoms with Gasteiger partial charge in [-0.3, -0.25) is 4.79 Å². The van der Waals surface area contributed by atoms with Crippen molar-refractivity contribution in [3.8, 4) is 0 Å². The summed E-state index contributed by atoms with van der Waals surface area (Å²) in [5, 5.41) is 3.14. The lowest BCUT2D eigenvalue weighted by Crippen LogP contribution is -2.18. The topological polar surface area (TPSA) is 46.9 Å². The van der Waals surface area contributed by atoms with E-state index in [0.717, 1.165) is 21.2 Å². The van der Waals surface area contributed by atoms with E-state index in [1.807, 2.05) is 48.5 Å². The minimum Gasteiger partial charge on any atom is -0.325 e. The zero-order valence-corrected chi connectivity index (χ0v) is 13.2. The van der Waals surface area contributed by atoms with E-state index < -0.39 is 0 Å². The molecule has 0 radical (unpaired) electrons. The normalized spacial score (nSPS) is 10.8. The molecule has 0 aliphatic rings. The molecule has 106 valence electrons. The lowest BCUT2D eigenvalue weighted by atomic mass is 10.3. The Bertz CT molecular complexity index is 798. The van der Waals surface area contributed by atoms with Crippen LogP contribution < -0.4 is 5.32 Å². The smallest absolute Gasteiger partial charge is 0.244 e. The summed E-state index contributed by atoms with van der Waals surface area (Å²) in [4.78, 5) is 16.4. The number of hydrogen-bond acceptors (Lipinski definition) is 2. The molecule has 0 saturated carbocycles. The number of imidazole rings is 1. The third-order valence-electron chi connectivity index (χ3n) is 3.04. The van der Waals surface area contributed by atoms with Crippen molar-refractivity contribution in [2.45, 2.75) is 6.54 Å². The van der Waals surface area contributed by atoms with Gasteiger partial charge >= 0.3 is 0 Å². The molecule has 0 bridgehead atoms. The van der Waals surface area contributed by atoms with E-state index in [-0.39, 0.29) is 12.5 Å². The summed E-state index contributed by atoms with van der Waals surface area (Å²) in [6, 6.07) is 14.9. The van der Waals surface area contributed by atoms with E-state index in [1.54, 1.807) is 4.57 Å². The van der Waals surface area contributed by atoms with Gasteiger partial charge < -0.3 is 9.88 Å². The zero-order chi connectivity index (χ0) is 14.8. The SMILES string of the molecule is O=C(Cn1c(Cl)nc2ccccc21)Nc1ccc(Br)cc1. The fourth-order valence-electron chi connectivity index (χ4n) is 2.07. The van der Waals surface area contributed by atoms with Gasteiger partial charge in [-0.1, -0.05) is 28.1 Å². The van der Waals surface area contributed by atoms with E-state index >= 15 is 0 Å². The number of benzene rings is 2. The highest BCUT2D eigenvalue weighted by molar-refractivity contribution is 9.10. The number of carbonyl (C=O) groups is 1. The highest BCUT2D eigenvalue weighted by Crippen LogP contribution is 2.20. The van der Waals surface area contributed by atoms with Crippen molar-refractivity contribution in [2.24, 2.45) is 0 Å². The Hall–Kier alpha value is -1.85. The fraction of sp³-hybridized carbons (Fsp3) is 0.0667. The largest absolute Gasteiger partial charge is 0.325 e. The average molecular weight is 365 g/mol. The van der Waals surface area contributed by atoms with Crippen LogP contribution in [0.15, 0.2) is 53.0 Å². The molecule has 0 fully saturated rings. The second kappa shape index (κ2) is 5.87. The first-order valence-corrected chi connectivity index (χ1v) is 7.47. The number of para-hydroxylation sites is 2. The van der Waals surface area contributed by atoms with Crippen molar-refractivity contribution in [3.63, 3.8) is 0 Å².